The summed E-state index contributed by atoms with van der Waals surface area (Å²) in [6.45, 7) is 2.17. The van der Waals surface area contributed by atoms with E-state index >= 15 is 0 Å². The van der Waals surface area contributed by atoms with Gasteiger partial charge in [-0.15, -0.1) is 10.2 Å². The van der Waals surface area contributed by atoms with Crippen molar-refractivity contribution in [3.63, 3.8) is 0 Å². The van der Waals surface area contributed by atoms with Crippen LogP contribution in [0.1, 0.15) is 38.2 Å². The second-order valence-corrected chi connectivity index (χ2v) is 9.03. The lowest BCUT2D eigenvalue weighted by atomic mass is 10.1. The van der Waals surface area contributed by atoms with E-state index in [1.165, 1.54) is 6.07 Å². The number of nitrogens with one attached hydrogen (secondary N) is 1. The van der Waals surface area contributed by atoms with Gasteiger partial charge in [-0.1, -0.05) is 61.9 Å². The number of nitro benzene ring substituents is 1. The fourth-order valence-electron chi connectivity index (χ4n) is 3.83. The normalized spacial score (nSPS) is 14.3. The molecule has 2 aromatic carbocycles. The SMILES string of the molecule is CCCCCSc1nnc2c(n1)O[C@H](c1ccc(-c3ccccc3[N+](=O)[O-])o1)Nc1ccccc1-2. The third-order valence-electron chi connectivity index (χ3n) is 5.56. The fraction of sp³-hybridized carbons (Fsp3) is 0.240. The number of furan rings is 1. The molecule has 0 bridgehead atoms. The first kappa shape index (κ1) is 22.9. The van der Waals surface area contributed by atoms with E-state index in [0.29, 0.717) is 33.8 Å². The molecule has 35 heavy (non-hydrogen) atoms. The Kier molecular flexibility index (Phi) is 6.62. The average molecular weight is 490 g/mol. The van der Waals surface area contributed by atoms with Crippen LogP contribution in [0.5, 0.6) is 5.88 Å². The zero-order valence-corrected chi connectivity index (χ0v) is 19.8. The summed E-state index contributed by atoms with van der Waals surface area (Å²) in [5, 5.41) is 24.1. The van der Waals surface area contributed by atoms with E-state index in [1.54, 1.807) is 42.1 Å². The van der Waals surface area contributed by atoms with Gasteiger partial charge in [-0.05, 0) is 30.7 Å². The summed E-state index contributed by atoms with van der Waals surface area (Å²) >= 11 is 1.55. The van der Waals surface area contributed by atoms with Crippen molar-refractivity contribution in [1.29, 1.82) is 0 Å². The third kappa shape index (κ3) is 4.83. The smallest absolute Gasteiger partial charge is 0.280 e. The van der Waals surface area contributed by atoms with Crippen LogP contribution in [0.2, 0.25) is 0 Å². The number of ether oxygens (including phenoxy) is 1. The standard InChI is InChI=1S/C25H23N5O4S/c1-2-3-8-15-35-25-27-24-22(28-29-25)16-9-4-6-11-18(16)26-23(34-24)21-14-13-20(33-21)17-10-5-7-12-19(17)30(31)32/h4-7,9-14,23,26H,2-3,8,15H2,1H3/t23-/m1/s1. The van der Waals surface area contributed by atoms with Crippen molar-refractivity contribution in [3.05, 3.63) is 76.5 Å². The summed E-state index contributed by atoms with van der Waals surface area (Å²) in [5.41, 5.74) is 2.52. The van der Waals surface area contributed by atoms with Gasteiger partial charge in [0, 0.05) is 23.1 Å². The molecule has 0 amide bonds. The molecule has 0 saturated heterocycles. The van der Waals surface area contributed by atoms with Crippen molar-refractivity contribution >= 4 is 23.1 Å². The molecule has 3 heterocycles. The summed E-state index contributed by atoms with van der Waals surface area (Å²) < 4.78 is 12.3. The molecule has 2 aromatic heterocycles. The lowest BCUT2D eigenvalue weighted by molar-refractivity contribution is -0.384. The van der Waals surface area contributed by atoms with Crippen molar-refractivity contribution < 1.29 is 14.1 Å². The van der Waals surface area contributed by atoms with Crippen LogP contribution in [0.4, 0.5) is 11.4 Å². The van der Waals surface area contributed by atoms with Gasteiger partial charge >= 0.3 is 0 Å². The van der Waals surface area contributed by atoms with Crippen LogP contribution in [0.15, 0.2) is 70.2 Å². The van der Waals surface area contributed by atoms with Crippen LogP contribution in [-0.4, -0.2) is 25.9 Å². The van der Waals surface area contributed by atoms with E-state index in [4.69, 9.17) is 9.15 Å². The topological polar surface area (TPSA) is 116 Å². The highest BCUT2D eigenvalue weighted by molar-refractivity contribution is 7.99. The molecule has 0 fully saturated rings. The maximum Gasteiger partial charge on any atom is 0.280 e. The third-order valence-corrected chi connectivity index (χ3v) is 6.49. The van der Waals surface area contributed by atoms with E-state index in [0.717, 1.165) is 36.3 Å². The Morgan fingerprint density at radius 2 is 1.83 bits per heavy atom. The number of hydrogen-bond acceptors (Lipinski definition) is 9. The van der Waals surface area contributed by atoms with E-state index in [2.05, 4.69) is 27.4 Å². The number of rotatable bonds is 8. The molecular formula is C25H23N5O4S. The Hall–Kier alpha value is -3.92. The maximum atomic E-state index is 11.5. The van der Waals surface area contributed by atoms with Crippen LogP contribution < -0.4 is 10.1 Å². The molecule has 10 heteroatoms. The Labute approximate surface area is 206 Å². The Balaban J connectivity index is 1.48. The molecule has 4 aromatic rings. The van der Waals surface area contributed by atoms with Crippen LogP contribution in [0, 0.1) is 10.1 Å². The minimum atomic E-state index is -0.719. The Morgan fingerprint density at radius 1 is 1.03 bits per heavy atom. The Bertz CT molecular complexity index is 1360. The largest absolute Gasteiger partial charge is 0.455 e. The number of para-hydroxylation sites is 2. The van der Waals surface area contributed by atoms with E-state index in [9.17, 15) is 10.1 Å². The molecule has 5 rings (SSSR count). The minimum absolute atomic E-state index is 0.0273. The highest BCUT2D eigenvalue weighted by Gasteiger charge is 2.28. The molecule has 0 aliphatic carbocycles. The van der Waals surface area contributed by atoms with Gasteiger partial charge in [0.15, 0.2) is 11.5 Å². The summed E-state index contributed by atoms with van der Waals surface area (Å²) in [5.74, 6) is 2.09. The van der Waals surface area contributed by atoms with E-state index in [1.807, 2.05) is 24.3 Å². The van der Waals surface area contributed by atoms with Gasteiger partial charge in [0.1, 0.15) is 5.76 Å². The quantitative estimate of drug-likeness (QED) is 0.128. The summed E-state index contributed by atoms with van der Waals surface area (Å²) in [4.78, 5) is 15.7. The number of unbranched alkanes of at least 4 members (excludes halogenated alkanes) is 2. The lowest BCUT2D eigenvalue weighted by Crippen LogP contribution is -2.16. The average Bonchev–Trinajstić information content (AvgIpc) is 3.31. The maximum absolute atomic E-state index is 11.5. The van der Waals surface area contributed by atoms with Gasteiger partial charge in [0.05, 0.1) is 10.5 Å². The van der Waals surface area contributed by atoms with Crippen molar-refractivity contribution in [1.82, 2.24) is 15.2 Å². The molecular weight excluding hydrogens is 466 g/mol. The van der Waals surface area contributed by atoms with E-state index < -0.39 is 11.2 Å². The number of thioether (sulfide) groups is 1. The second kappa shape index (κ2) is 10.1. The van der Waals surface area contributed by atoms with Gasteiger partial charge in [0.2, 0.25) is 17.3 Å². The molecule has 0 unspecified atom stereocenters. The number of fused-ring (bicyclic) bond motifs is 3. The number of aromatic nitrogens is 3. The first-order valence-electron chi connectivity index (χ1n) is 11.4. The van der Waals surface area contributed by atoms with Crippen LogP contribution in [-0.2, 0) is 0 Å². The summed E-state index contributed by atoms with van der Waals surface area (Å²) in [6, 6.07) is 17.6. The highest BCUT2D eigenvalue weighted by Crippen LogP contribution is 2.41. The molecule has 0 spiro atoms. The molecule has 178 valence electrons. The molecule has 0 saturated carbocycles. The first-order valence-corrected chi connectivity index (χ1v) is 12.4. The predicted molar refractivity (Wildman–Crippen MR) is 133 cm³/mol. The van der Waals surface area contributed by atoms with Crippen LogP contribution in [0.25, 0.3) is 22.6 Å². The first-order chi connectivity index (χ1) is 17.1. The van der Waals surface area contributed by atoms with Gasteiger partial charge in [-0.3, -0.25) is 10.1 Å². The van der Waals surface area contributed by atoms with Crippen molar-refractivity contribution in [2.24, 2.45) is 0 Å². The predicted octanol–water partition coefficient (Wildman–Crippen LogP) is 6.49. The fourth-order valence-corrected chi connectivity index (χ4v) is 4.61. The summed E-state index contributed by atoms with van der Waals surface area (Å²) in [6.07, 6.45) is 2.66. The Morgan fingerprint density at radius 3 is 2.66 bits per heavy atom. The van der Waals surface area contributed by atoms with Crippen LogP contribution >= 0.6 is 11.8 Å². The molecule has 1 aliphatic rings. The van der Waals surface area contributed by atoms with Crippen molar-refractivity contribution in [2.75, 3.05) is 11.1 Å². The monoisotopic (exact) mass is 489 g/mol. The molecule has 1 aliphatic heterocycles. The molecule has 1 N–H and O–H groups in total. The zero-order chi connectivity index (χ0) is 24.2. The van der Waals surface area contributed by atoms with Gasteiger partial charge in [-0.25, -0.2) is 0 Å². The van der Waals surface area contributed by atoms with Gasteiger partial charge in [0.25, 0.3) is 5.69 Å². The number of hydrogen-bond donors (Lipinski definition) is 1. The van der Waals surface area contributed by atoms with Crippen molar-refractivity contribution in [2.45, 2.75) is 37.6 Å². The number of anilines is 1. The summed E-state index contributed by atoms with van der Waals surface area (Å²) in [7, 11) is 0. The zero-order valence-electron chi connectivity index (χ0n) is 19.0. The van der Waals surface area contributed by atoms with Gasteiger partial charge < -0.3 is 14.5 Å². The van der Waals surface area contributed by atoms with Crippen LogP contribution in [0.3, 0.4) is 0 Å². The molecule has 9 nitrogen and oxygen atoms in total. The number of benzene rings is 2. The molecule has 0 radical (unpaired) electrons. The van der Waals surface area contributed by atoms with E-state index in [-0.39, 0.29) is 5.69 Å². The van der Waals surface area contributed by atoms with Crippen molar-refractivity contribution in [3.8, 4) is 28.5 Å². The minimum Gasteiger partial charge on any atom is -0.455 e. The second-order valence-electron chi connectivity index (χ2n) is 7.97. The molecule has 1 atom stereocenters. The number of nitrogens with zero attached hydrogens (tertiary/aromatic N) is 4. The van der Waals surface area contributed by atoms with Gasteiger partial charge in [-0.2, -0.15) is 4.98 Å². The highest BCUT2D eigenvalue weighted by atomic mass is 32.2. The lowest BCUT2D eigenvalue weighted by Gasteiger charge is -2.16. The number of nitro groups is 1.